The summed E-state index contributed by atoms with van der Waals surface area (Å²) in [6.07, 6.45) is 16.0. The molecule has 0 amide bonds. The third-order valence-electron chi connectivity index (χ3n) is 4.16. The van der Waals surface area contributed by atoms with Crippen LogP contribution in [0.2, 0.25) is 0 Å². The van der Waals surface area contributed by atoms with Crippen LogP contribution in [0.25, 0.3) is 0 Å². The fraction of sp³-hybridized carbons (Fsp3) is 0.700. The highest BCUT2D eigenvalue weighted by atomic mass is 15.1. The van der Waals surface area contributed by atoms with Crippen LogP contribution in [0.15, 0.2) is 38.0 Å². The number of rotatable bonds is 18. The first-order valence-electron chi connectivity index (χ1n) is 9.27. The van der Waals surface area contributed by atoms with E-state index in [0.29, 0.717) is 6.04 Å². The Labute approximate surface area is 144 Å². The highest BCUT2D eigenvalue weighted by Gasteiger charge is 2.15. The van der Waals surface area contributed by atoms with Crippen molar-refractivity contribution in [1.29, 1.82) is 0 Å². The molecule has 0 aliphatic heterocycles. The van der Waals surface area contributed by atoms with Crippen molar-refractivity contribution in [2.75, 3.05) is 32.7 Å². The normalized spacial score (nSPS) is 12.3. The maximum Gasteiger partial charge on any atom is 0.0166 e. The summed E-state index contributed by atoms with van der Waals surface area (Å²) in [6.45, 7) is 16.3. The molecular weight excluding hydrogens is 282 g/mol. The molecule has 0 spiro atoms. The van der Waals surface area contributed by atoms with E-state index in [4.69, 9.17) is 5.73 Å². The first kappa shape index (κ1) is 22.1. The lowest BCUT2D eigenvalue weighted by atomic mass is 10.00. The third-order valence-corrected chi connectivity index (χ3v) is 4.16. The van der Waals surface area contributed by atoms with Crippen LogP contribution in [0.4, 0.5) is 0 Å². The summed E-state index contributed by atoms with van der Waals surface area (Å²) in [5.41, 5.74) is 5.60. The number of unbranched alkanes of at least 4 members (excludes halogenated alkanes) is 4. The van der Waals surface area contributed by atoms with Crippen molar-refractivity contribution in [3.63, 3.8) is 0 Å². The summed E-state index contributed by atoms with van der Waals surface area (Å²) in [5, 5.41) is 3.37. The van der Waals surface area contributed by atoms with Gasteiger partial charge in [-0.2, -0.15) is 0 Å². The molecular formula is C20H39N3. The zero-order valence-electron chi connectivity index (χ0n) is 15.1. The Morgan fingerprint density at radius 1 is 0.826 bits per heavy atom. The molecule has 3 nitrogen and oxygen atoms in total. The van der Waals surface area contributed by atoms with Crippen LogP contribution in [-0.4, -0.2) is 43.7 Å². The van der Waals surface area contributed by atoms with Crippen LogP contribution in [0, 0.1) is 0 Å². The Hall–Kier alpha value is -0.900. The van der Waals surface area contributed by atoms with Crippen molar-refractivity contribution in [2.24, 2.45) is 5.73 Å². The lowest BCUT2D eigenvalue weighted by Crippen LogP contribution is -2.35. The predicted molar refractivity (Wildman–Crippen MR) is 105 cm³/mol. The lowest BCUT2D eigenvalue weighted by molar-refractivity contribution is 0.207. The van der Waals surface area contributed by atoms with E-state index in [1.807, 2.05) is 18.2 Å². The SMILES string of the molecule is C=CCNCCCCCC(CCCCCN)N(CC=C)CC=C. The zero-order chi connectivity index (χ0) is 17.2. The number of hydrogen-bond donors (Lipinski definition) is 2. The van der Waals surface area contributed by atoms with Crippen molar-refractivity contribution >= 4 is 0 Å². The van der Waals surface area contributed by atoms with Gasteiger partial charge in [0.2, 0.25) is 0 Å². The summed E-state index contributed by atoms with van der Waals surface area (Å²) < 4.78 is 0. The molecule has 3 heteroatoms. The van der Waals surface area contributed by atoms with Gasteiger partial charge in [0.05, 0.1) is 0 Å². The predicted octanol–water partition coefficient (Wildman–Crippen LogP) is 3.88. The monoisotopic (exact) mass is 321 g/mol. The molecule has 1 unspecified atom stereocenters. The Kier molecular flexibility index (Phi) is 16.8. The van der Waals surface area contributed by atoms with Gasteiger partial charge in [-0.3, -0.25) is 4.90 Å². The van der Waals surface area contributed by atoms with Gasteiger partial charge in [0.15, 0.2) is 0 Å². The van der Waals surface area contributed by atoms with E-state index >= 15 is 0 Å². The third kappa shape index (κ3) is 13.3. The number of hydrogen-bond acceptors (Lipinski definition) is 3. The van der Waals surface area contributed by atoms with E-state index in [1.165, 1.54) is 44.9 Å². The van der Waals surface area contributed by atoms with Gasteiger partial charge in [0.1, 0.15) is 0 Å². The van der Waals surface area contributed by atoms with Crippen LogP contribution < -0.4 is 11.1 Å². The quantitative estimate of drug-likeness (QED) is 0.297. The Morgan fingerprint density at radius 3 is 1.96 bits per heavy atom. The average Bonchev–Trinajstić information content (AvgIpc) is 2.56. The number of nitrogens with two attached hydrogens (primary N) is 1. The minimum atomic E-state index is 0.643. The molecule has 23 heavy (non-hydrogen) atoms. The van der Waals surface area contributed by atoms with Gasteiger partial charge < -0.3 is 11.1 Å². The van der Waals surface area contributed by atoms with Crippen LogP contribution in [0.5, 0.6) is 0 Å². The highest BCUT2D eigenvalue weighted by molar-refractivity contribution is 4.84. The molecule has 1 atom stereocenters. The van der Waals surface area contributed by atoms with Crippen LogP contribution in [0.3, 0.4) is 0 Å². The van der Waals surface area contributed by atoms with Gasteiger partial charge >= 0.3 is 0 Å². The van der Waals surface area contributed by atoms with Gasteiger partial charge in [0, 0.05) is 25.7 Å². The average molecular weight is 322 g/mol. The highest BCUT2D eigenvalue weighted by Crippen LogP contribution is 2.17. The summed E-state index contributed by atoms with van der Waals surface area (Å²) in [7, 11) is 0. The van der Waals surface area contributed by atoms with E-state index in [-0.39, 0.29) is 0 Å². The first-order valence-corrected chi connectivity index (χ1v) is 9.27. The molecule has 0 saturated heterocycles. The molecule has 0 heterocycles. The molecule has 0 aliphatic carbocycles. The molecule has 0 aromatic heterocycles. The van der Waals surface area contributed by atoms with Gasteiger partial charge in [-0.05, 0) is 38.8 Å². The second-order valence-corrected chi connectivity index (χ2v) is 6.17. The standard InChI is InChI=1S/C20H39N3/c1-4-16-22-17-12-8-10-14-20(13-9-7-11-15-21)23(18-5-2)19-6-3/h4-6,20,22H,1-3,7-19,21H2. The first-order chi connectivity index (χ1) is 11.3. The van der Waals surface area contributed by atoms with Crippen molar-refractivity contribution in [2.45, 2.75) is 57.4 Å². The number of nitrogens with one attached hydrogen (secondary N) is 1. The van der Waals surface area contributed by atoms with Gasteiger partial charge in [-0.15, -0.1) is 19.7 Å². The van der Waals surface area contributed by atoms with Crippen molar-refractivity contribution in [1.82, 2.24) is 10.2 Å². The second-order valence-electron chi connectivity index (χ2n) is 6.17. The molecule has 134 valence electrons. The van der Waals surface area contributed by atoms with E-state index in [1.54, 1.807) is 0 Å². The van der Waals surface area contributed by atoms with E-state index in [0.717, 1.165) is 39.1 Å². The van der Waals surface area contributed by atoms with Gasteiger partial charge in [-0.25, -0.2) is 0 Å². The fourth-order valence-corrected chi connectivity index (χ4v) is 2.93. The number of nitrogens with zero attached hydrogens (tertiary/aromatic N) is 1. The minimum absolute atomic E-state index is 0.643. The molecule has 0 aromatic carbocycles. The molecule has 0 radical (unpaired) electrons. The molecule has 0 aliphatic rings. The van der Waals surface area contributed by atoms with Crippen molar-refractivity contribution < 1.29 is 0 Å². The summed E-state index contributed by atoms with van der Waals surface area (Å²) in [4.78, 5) is 2.51. The van der Waals surface area contributed by atoms with Gasteiger partial charge in [0.25, 0.3) is 0 Å². The molecule has 0 saturated carbocycles. The molecule has 0 fully saturated rings. The Balaban J connectivity index is 4.14. The van der Waals surface area contributed by atoms with E-state index < -0.39 is 0 Å². The Morgan fingerprint density at radius 2 is 1.43 bits per heavy atom. The minimum Gasteiger partial charge on any atom is -0.330 e. The summed E-state index contributed by atoms with van der Waals surface area (Å²) in [6, 6.07) is 0.643. The maximum atomic E-state index is 5.60. The maximum absolute atomic E-state index is 5.60. The zero-order valence-corrected chi connectivity index (χ0v) is 15.1. The van der Waals surface area contributed by atoms with Gasteiger partial charge in [-0.1, -0.05) is 43.9 Å². The van der Waals surface area contributed by atoms with Crippen LogP contribution in [-0.2, 0) is 0 Å². The summed E-state index contributed by atoms with van der Waals surface area (Å²) >= 11 is 0. The van der Waals surface area contributed by atoms with Crippen molar-refractivity contribution in [3.8, 4) is 0 Å². The van der Waals surface area contributed by atoms with Crippen molar-refractivity contribution in [3.05, 3.63) is 38.0 Å². The second kappa shape index (κ2) is 17.5. The Bertz CT molecular complexity index is 279. The molecule has 0 aromatic rings. The topological polar surface area (TPSA) is 41.3 Å². The van der Waals surface area contributed by atoms with Crippen LogP contribution in [0.1, 0.15) is 51.4 Å². The smallest absolute Gasteiger partial charge is 0.0166 e. The fourth-order valence-electron chi connectivity index (χ4n) is 2.93. The van der Waals surface area contributed by atoms with E-state index in [2.05, 4.69) is 30.0 Å². The van der Waals surface area contributed by atoms with Crippen LogP contribution >= 0.6 is 0 Å². The summed E-state index contributed by atoms with van der Waals surface area (Å²) in [5.74, 6) is 0. The molecule has 0 rings (SSSR count). The lowest BCUT2D eigenvalue weighted by Gasteiger charge is -2.30. The molecule has 0 bridgehead atoms. The van der Waals surface area contributed by atoms with E-state index in [9.17, 15) is 0 Å². The molecule has 3 N–H and O–H groups in total. The largest absolute Gasteiger partial charge is 0.330 e.